The van der Waals surface area contributed by atoms with Gasteiger partial charge in [0.15, 0.2) is 0 Å². The molecule has 0 bridgehead atoms. The van der Waals surface area contributed by atoms with Gasteiger partial charge in [-0.2, -0.15) is 0 Å². The van der Waals surface area contributed by atoms with E-state index < -0.39 is 0 Å². The maximum atomic E-state index is 4.57. The number of hydrogen-bond donors (Lipinski definition) is 1. The zero-order chi connectivity index (χ0) is 10.1. The molecule has 2 heteroatoms. The summed E-state index contributed by atoms with van der Waals surface area (Å²) < 4.78 is 0. The van der Waals surface area contributed by atoms with Crippen LogP contribution in [0.2, 0.25) is 0 Å². The van der Waals surface area contributed by atoms with Gasteiger partial charge < -0.3 is 5.32 Å². The Balaban J connectivity index is 1.48. The monoisotopic (exact) mass is 206 g/mol. The van der Waals surface area contributed by atoms with E-state index in [1.54, 1.807) is 0 Å². The van der Waals surface area contributed by atoms with Crippen molar-refractivity contribution >= 4 is 5.84 Å². The molecule has 3 rings (SSSR count). The summed E-state index contributed by atoms with van der Waals surface area (Å²) in [6.45, 7) is 2.27. The van der Waals surface area contributed by atoms with Crippen molar-refractivity contribution in [1.29, 1.82) is 0 Å². The molecular weight excluding hydrogens is 184 g/mol. The quantitative estimate of drug-likeness (QED) is 0.751. The van der Waals surface area contributed by atoms with Gasteiger partial charge in [0.2, 0.25) is 0 Å². The molecule has 2 nitrogen and oxygen atoms in total. The van der Waals surface area contributed by atoms with E-state index in [-0.39, 0.29) is 0 Å². The molecule has 0 radical (unpaired) electrons. The summed E-state index contributed by atoms with van der Waals surface area (Å²) in [5, 5.41) is 3.61. The van der Waals surface area contributed by atoms with E-state index in [4.69, 9.17) is 0 Å². The second-order valence-corrected chi connectivity index (χ2v) is 5.51. The minimum absolute atomic E-state index is 0.981. The van der Waals surface area contributed by atoms with Gasteiger partial charge in [0.05, 0.1) is 5.84 Å². The summed E-state index contributed by atoms with van der Waals surface area (Å²) in [4.78, 5) is 4.57. The van der Waals surface area contributed by atoms with E-state index >= 15 is 0 Å². The SMILES string of the molecule is C1CCC(NCC(C2CC2)C2CC2)=NC1. The Morgan fingerprint density at radius 1 is 1.13 bits per heavy atom. The number of nitrogens with zero attached hydrogens (tertiary/aromatic N) is 1. The van der Waals surface area contributed by atoms with Crippen molar-refractivity contribution < 1.29 is 0 Å². The first kappa shape index (κ1) is 9.68. The molecule has 0 spiro atoms. The number of hydrogen-bond acceptors (Lipinski definition) is 2. The van der Waals surface area contributed by atoms with Crippen LogP contribution in [0.4, 0.5) is 0 Å². The highest BCUT2D eigenvalue weighted by molar-refractivity contribution is 5.82. The normalized spacial score (nSPS) is 26.6. The summed E-state index contributed by atoms with van der Waals surface area (Å²) in [6.07, 6.45) is 9.81. The Morgan fingerprint density at radius 3 is 2.40 bits per heavy atom. The number of rotatable bonds is 4. The second-order valence-electron chi connectivity index (χ2n) is 5.51. The highest BCUT2D eigenvalue weighted by Gasteiger charge is 2.41. The van der Waals surface area contributed by atoms with Gasteiger partial charge in [-0.1, -0.05) is 0 Å². The second kappa shape index (κ2) is 4.15. The fraction of sp³-hybridized carbons (Fsp3) is 0.923. The van der Waals surface area contributed by atoms with E-state index in [1.807, 2.05) is 0 Å². The first-order valence-electron chi connectivity index (χ1n) is 6.70. The number of aliphatic imine (C=N–C) groups is 1. The van der Waals surface area contributed by atoms with Gasteiger partial charge in [0, 0.05) is 19.5 Å². The van der Waals surface area contributed by atoms with Crippen LogP contribution in [0.5, 0.6) is 0 Å². The maximum Gasteiger partial charge on any atom is 0.0963 e. The molecule has 0 aromatic heterocycles. The van der Waals surface area contributed by atoms with Crippen molar-refractivity contribution in [3.63, 3.8) is 0 Å². The van der Waals surface area contributed by atoms with Crippen LogP contribution in [-0.2, 0) is 0 Å². The smallest absolute Gasteiger partial charge is 0.0963 e. The van der Waals surface area contributed by atoms with Gasteiger partial charge in [-0.05, 0) is 56.3 Å². The number of amidine groups is 1. The molecule has 2 fully saturated rings. The fourth-order valence-corrected chi connectivity index (χ4v) is 2.84. The maximum absolute atomic E-state index is 4.57. The average Bonchev–Trinajstić information content (AvgIpc) is 3.14. The van der Waals surface area contributed by atoms with Crippen LogP contribution in [0.25, 0.3) is 0 Å². The van der Waals surface area contributed by atoms with Gasteiger partial charge in [-0.3, -0.25) is 4.99 Å². The Kier molecular flexibility index (Phi) is 2.68. The predicted octanol–water partition coefficient (Wildman–Crippen LogP) is 2.59. The van der Waals surface area contributed by atoms with Crippen LogP contribution in [0, 0.1) is 17.8 Å². The van der Waals surface area contributed by atoms with E-state index in [9.17, 15) is 0 Å². The predicted molar refractivity (Wildman–Crippen MR) is 63.1 cm³/mol. The standard InChI is InChI=1S/C13H22N2/c1-2-8-14-13(3-1)15-9-12(10-4-5-10)11-6-7-11/h10-12H,1-9H2,(H,14,15). The van der Waals surface area contributed by atoms with Crippen molar-refractivity contribution in [2.45, 2.75) is 44.9 Å². The lowest BCUT2D eigenvalue weighted by Gasteiger charge is -2.19. The van der Waals surface area contributed by atoms with Crippen molar-refractivity contribution in [2.24, 2.45) is 22.7 Å². The van der Waals surface area contributed by atoms with Gasteiger partial charge >= 0.3 is 0 Å². The summed E-state index contributed by atoms with van der Waals surface area (Å²) >= 11 is 0. The lowest BCUT2D eigenvalue weighted by atomic mass is 9.98. The summed E-state index contributed by atoms with van der Waals surface area (Å²) in [7, 11) is 0. The van der Waals surface area contributed by atoms with Gasteiger partial charge in [0.1, 0.15) is 0 Å². The summed E-state index contributed by atoms with van der Waals surface area (Å²) in [5.41, 5.74) is 0. The lowest BCUT2D eigenvalue weighted by molar-refractivity contribution is 0.400. The molecule has 0 aromatic carbocycles. The molecule has 0 amide bonds. The summed E-state index contributed by atoms with van der Waals surface area (Å²) in [5.74, 6) is 4.41. The molecule has 2 aliphatic carbocycles. The Hall–Kier alpha value is -0.530. The van der Waals surface area contributed by atoms with E-state index in [0.29, 0.717) is 0 Å². The lowest BCUT2D eigenvalue weighted by Crippen LogP contribution is -2.32. The zero-order valence-corrected chi connectivity index (χ0v) is 9.54. The third-order valence-electron chi connectivity index (χ3n) is 4.12. The van der Waals surface area contributed by atoms with Crippen molar-refractivity contribution in [3.05, 3.63) is 0 Å². The molecule has 0 unspecified atom stereocenters. The van der Waals surface area contributed by atoms with Crippen LogP contribution in [-0.4, -0.2) is 18.9 Å². The van der Waals surface area contributed by atoms with Crippen LogP contribution in [0.1, 0.15) is 44.9 Å². The average molecular weight is 206 g/mol. The Morgan fingerprint density at radius 2 is 1.87 bits per heavy atom. The molecule has 0 atom stereocenters. The molecule has 0 aromatic rings. The van der Waals surface area contributed by atoms with E-state index in [2.05, 4.69) is 10.3 Å². The molecular formula is C13H22N2. The van der Waals surface area contributed by atoms with E-state index in [0.717, 1.165) is 24.3 Å². The van der Waals surface area contributed by atoms with Gasteiger partial charge in [-0.15, -0.1) is 0 Å². The van der Waals surface area contributed by atoms with Crippen molar-refractivity contribution in [3.8, 4) is 0 Å². The molecule has 3 aliphatic rings. The first-order valence-corrected chi connectivity index (χ1v) is 6.70. The largest absolute Gasteiger partial charge is 0.374 e. The van der Waals surface area contributed by atoms with Gasteiger partial charge in [0.25, 0.3) is 0 Å². The Bertz CT molecular complexity index is 239. The first-order chi connectivity index (χ1) is 7.43. The highest BCUT2D eigenvalue weighted by atomic mass is 15.0. The van der Waals surface area contributed by atoms with Crippen molar-refractivity contribution in [1.82, 2.24) is 5.32 Å². The molecule has 2 saturated carbocycles. The zero-order valence-electron chi connectivity index (χ0n) is 9.54. The van der Waals surface area contributed by atoms with Crippen LogP contribution in [0.15, 0.2) is 4.99 Å². The third-order valence-corrected chi connectivity index (χ3v) is 4.12. The van der Waals surface area contributed by atoms with Crippen molar-refractivity contribution in [2.75, 3.05) is 13.1 Å². The molecule has 1 N–H and O–H groups in total. The molecule has 1 heterocycles. The highest BCUT2D eigenvalue weighted by Crippen LogP contribution is 2.48. The molecule has 1 aliphatic heterocycles. The molecule has 0 saturated heterocycles. The Labute approximate surface area is 92.5 Å². The van der Waals surface area contributed by atoms with Crippen LogP contribution in [0.3, 0.4) is 0 Å². The fourth-order valence-electron chi connectivity index (χ4n) is 2.84. The van der Waals surface area contributed by atoms with Crippen LogP contribution < -0.4 is 5.32 Å². The minimum atomic E-state index is 0.981. The number of nitrogens with one attached hydrogen (secondary N) is 1. The van der Waals surface area contributed by atoms with E-state index in [1.165, 1.54) is 57.3 Å². The molecule has 84 valence electrons. The summed E-state index contributed by atoms with van der Waals surface area (Å²) in [6, 6.07) is 0. The molecule has 15 heavy (non-hydrogen) atoms. The topological polar surface area (TPSA) is 24.4 Å². The van der Waals surface area contributed by atoms with Gasteiger partial charge in [-0.25, -0.2) is 0 Å². The third kappa shape index (κ3) is 2.53. The van der Waals surface area contributed by atoms with Crippen LogP contribution >= 0.6 is 0 Å². The minimum Gasteiger partial charge on any atom is -0.374 e.